The second-order valence-corrected chi connectivity index (χ2v) is 6.12. The maximum absolute atomic E-state index is 13.4. The molecule has 0 aliphatic heterocycles. The SMILES string of the molecule is CC(=O)Nc1ccc(NC(=O)C(=O)NCC(O)(c2ccccc2)C(F)(F)F)cc1. The molecule has 0 saturated carbocycles. The molecule has 10 heteroatoms. The molecule has 0 bridgehead atoms. The van der Waals surface area contributed by atoms with Crippen molar-refractivity contribution < 1.29 is 32.7 Å². The zero-order valence-corrected chi connectivity index (χ0v) is 15.2. The van der Waals surface area contributed by atoms with Gasteiger partial charge >= 0.3 is 18.0 Å². The van der Waals surface area contributed by atoms with Crippen LogP contribution in [0.3, 0.4) is 0 Å². The monoisotopic (exact) mass is 409 g/mol. The van der Waals surface area contributed by atoms with E-state index in [4.69, 9.17) is 0 Å². The van der Waals surface area contributed by atoms with Crippen LogP contribution in [-0.2, 0) is 20.0 Å². The van der Waals surface area contributed by atoms with Gasteiger partial charge < -0.3 is 21.1 Å². The number of alkyl halides is 3. The van der Waals surface area contributed by atoms with E-state index < -0.39 is 35.7 Å². The van der Waals surface area contributed by atoms with E-state index in [9.17, 15) is 32.7 Å². The lowest BCUT2D eigenvalue weighted by Gasteiger charge is -2.31. The van der Waals surface area contributed by atoms with Crippen LogP contribution in [0.2, 0.25) is 0 Å². The van der Waals surface area contributed by atoms with E-state index in [0.29, 0.717) is 5.69 Å². The topological polar surface area (TPSA) is 108 Å². The van der Waals surface area contributed by atoms with Gasteiger partial charge in [-0.05, 0) is 29.8 Å². The van der Waals surface area contributed by atoms with Crippen molar-refractivity contribution in [3.8, 4) is 0 Å². The first kappa shape index (κ1) is 21.9. The number of amides is 3. The Labute approximate surface area is 163 Å². The molecule has 0 spiro atoms. The van der Waals surface area contributed by atoms with Crippen molar-refractivity contribution >= 4 is 29.1 Å². The van der Waals surface area contributed by atoms with Crippen LogP contribution in [0.5, 0.6) is 0 Å². The Kier molecular flexibility index (Phi) is 6.60. The van der Waals surface area contributed by atoms with E-state index >= 15 is 0 Å². The Morgan fingerprint density at radius 1 is 0.862 bits per heavy atom. The summed E-state index contributed by atoms with van der Waals surface area (Å²) in [6.07, 6.45) is -5.09. The van der Waals surface area contributed by atoms with Crippen LogP contribution in [-0.4, -0.2) is 35.5 Å². The molecule has 0 aromatic heterocycles. The minimum atomic E-state index is -5.09. The minimum Gasteiger partial charge on any atom is -0.375 e. The molecule has 154 valence electrons. The fourth-order valence-electron chi connectivity index (χ4n) is 2.40. The quantitative estimate of drug-likeness (QED) is 0.568. The smallest absolute Gasteiger partial charge is 0.375 e. The lowest BCUT2D eigenvalue weighted by Crippen LogP contribution is -2.52. The second-order valence-electron chi connectivity index (χ2n) is 6.12. The summed E-state index contributed by atoms with van der Waals surface area (Å²) in [5.74, 6) is -2.86. The number of hydrogen-bond acceptors (Lipinski definition) is 4. The molecule has 0 radical (unpaired) electrons. The fraction of sp³-hybridized carbons (Fsp3) is 0.211. The van der Waals surface area contributed by atoms with Gasteiger partial charge in [0.15, 0.2) is 0 Å². The third-order valence-corrected chi connectivity index (χ3v) is 3.89. The van der Waals surface area contributed by atoms with E-state index in [1.807, 2.05) is 5.32 Å². The van der Waals surface area contributed by atoms with Gasteiger partial charge in [0, 0.05) is 18.3 Å². The van der Waals surface area contributed by atoms with Crippen molar-refractivity contribution in [3.63, 3.8) is 0 Å². The highest BCUT2D eigenvalue weighted by Gasteiger charge is 2.55. The van der Waals surface area contributed by atoms with Gasteiger partial charge in [-0.2, -0.15) is 13.2 Å². The Balaban J connectivity index is 2.03. The average molecular weight is 409 g/mol. The molecule has 2 aromatic carbocycles. The van der Waals surface area contributed by atoms with Gasteiger partial charge in [0.2, 0.25) is 11.5 Å². The second kappa shape index (κ2) is 8.74. The number of carbonyl (C=O) groups excluding carboxylic acids is 3. The molecule has 7 nitrogen and oxygen atoms in total. The van der Waals surface area contributed by atoms with Gasteiger partial charge in [-0.15, -0.1) is 0 Å². The number of benzene rings is 2. The van der Waals surface area contributed by atoms with Gasteiger partial charge in [-0.25, -0.2) is 0 Å². The molecule has 0 saturated heterocycles. The number of nitrogens with one attached hydrogen (secondary N) is 3. The molecule has 2 aromatic rings. The summed E-state index contributed by atoms with van der Waals surface area (Å²) < 4.78 is 40.2. The normalized spacial score (nSPS) is 13.1. The highest BCUT2D eigenvalue weighted by atomic mass is 19.4. The number of aliphatic hydroxyl groups is 1. The first-order valence-electron chi connectivity index (χ1n) is 8.34. The van der Waals surface area contributed by atoms with Gasteiger partial charge in [0.25, 0.3) is 0 Å². The lowest BCUT2D eigenvalue weighted by atomic mass is 9.93. The zero-order chi connectivity index (χ0) is 21.7. The molecular formula is C19H18F3N3O4. The van der Waals surface area contributed by atoms with Crippen LogP contribution >= 0.6 is 0 Å². The van der Waals surface area contributed by atoms with Crippen LogP contribution in [0.1, 0.15) is 12.5 Å². The molecule has 4 N–H and O–H groups in total. The number of halogens is 3. The number of hydrogen-bond donors (Lipinski definition) is 4. The van der Waals surface area contributed by atoms with Crippen molar-refractivity contribution in [2.75, 3.05) is 17.2 Å². The van der Waals surface area contributed by atoms with E-state index in [-0.39, 0.29) is 11.6 Å². The standard InChI is InChI=1S/C19H18F3N3O4/c1-12(26)24-14-7-9-15(10-8-14)25-17(28)16(27)23-11-18(29,19(20,21)22)13-5-3-2-4-6-13/h2-10,29H,11H2,1H3,(H,23,27)(H,24,26)(H,25,28). The van der Waals surface area contributed by atoms with Crippen LogP contribution in [0.15, 0.2) is 54.6 Å². The molecule has 29 heavy (non-hydrogen) atoms. The number of anilines is 2. The lowest BCUT2D eigenvalue weighted by molar-refractivity contribution is -0.264. The molecule has 1 atom stereocenters. The molecule has 0 heterocycles. The Morgan fingerprint density at radius 3 is 1.86 bits per heavy atom. The first-order valence-corrected chi connectivity index (χ1v) is 8.34. The summed E-state index contributed by atoms with van der Waals surface area (Å²) in [6, 6.07) is 11.9. The summed E-state index contributed by atoms with van der Waals surface area (Å²) in [7, 11) is 0. The Hall–Kier alpha value is -3.40. The average Bonchev–Trinajstić information content (AvgIpc) is 2.66. The molecule has 0 aliphatic rings. The Morgan fingerprint density at radius 2 is 1.38 bits per heavy atom. The van der Waals surface area contributed by atoms with E-state index in [0.717, 1.165) is 12.1 Å². The third-order valence-electron chi connectivity index (χ3n) is 3.89. The van der Waals surface area contributed by atoms with Crippen molar-refractivity contribution in [2.45, 2.75) is 18.7 Å². The maximum atomic E-state index is 13.4. The van der Waals surface area contributed by atoms with E-state index in [2.05, 4.69) is 10.6 Å². The van der Waals surface area contributed by atoms with E-state index in [1.165, 1.54) is 49.4 Å². The van der Waals surface area contributed by atoms with Crippen LogP contribution in [0, 0.1) is 0 Å². The molecule has 0 fully saturated rings. The molecule has 3 amide bonds. The fourth-order valence-corrected chi connectivity index (χ4v) is 2.40. The predicted octanol–water partition coefficient (Wildman–Crippen LogP) is 2.15. The van der Waals surface area contributed by atoms with Crippen molar-refractivity contribution in [1.82, 2.24) is 5.32 Å². The minimum absolute atomic E-state index is 0.188. The summed E-state index contributed by atoms with van der Waals surface area (Å²) in [6.45, 7) is 0.0752. The van der Waals surface area contributed by atoms with Crippen molar-refractivity contribution in [3.05, 3.63) is 60.2 Å². The highest BCUT2D eigenvalue weighted by Crippen LogP contribution is 2.38. The van der Waals surface area contributed by atoms with Gasteiger partial charge in [0.1, 0.15) is 0 Å². The van der Waals surface area contributed by atoms with Crippen LogP contribution in [0.4, 0.5) is 24.5 Å². The summed E-state index contributed by atoms with van der Waals surface area (Å²) >= 11 is 0. The number of carbonyl (C=O) groups is 3. The largest absolute Gasteiger partial charge is 0.423 e. The molecular weight excluding hydrogens is 391 g/mol. The molecule has 0 aliphatic carbocycles. The third kappa shape index (κ3) is 5.55. The summed E-state index contributed by atoms with van der Waals surface area (Å²) in [4.78, 5) is 34.8. The van der Waals surface area contributed by atoms with Crippen molar-refractivity contribution in [1.29, 1.82) is 0 Å². The Bertz CT molecular complexity index is 886. The first-order chi connectivity index (χ1) is 13.5. The van der Waals surface area contributed by atoms with E-state index in [1.54, 1.807) is 0 Å². The maximum Gasteiger partial charge on any atom is 0.423 e. The predicted molar refractivity (Wildman–Crippen MR) is 98.8 cm³/mol. The molecule has 2 rings (SSSR count). The van der Waals surface area contributed by atoms with Crippen LogP contribution < -0.4 is 16.0 Å². The van der Waals surface area contributed by atoms with Crippen LogP contribution in [0.25, 0.3) is 0 Å². The van der Waals surface area contributed by atoms with Gasteiger partial charge in [0.05, 0.1) is 6.54 Å². The summed E-state index contributed by atoms with van der Waals surface area (Å²) in [5.41, 5.74) is -3.18. The molecule has 1 unspecified atom stereocenters. The summed E-state index contributed by atoms with van der Waals surface area (Å²) in [5, 5.41) is 16.7. The zero-order valence-electron chi connectivity index (χ0n) is 15.2. The van der Waals surface area contributed by atoms with Gasteiger partial charge in [-0.3, -0.25) is 14.4 Å². The highest BCUT2D eigenvalue weighted by molar-refractivity contribution is 6.39. The number of rotatable bonds is 5. The van der Waals surface area contributed by atoms with Gasteiger partial charge in [-0.1, -0.05) is 30.3 Å². The van der Waals surface area contributed by atoms with Crippen molar-refractivity contribution in [2.24, 2.45) is 0 Å².